The van der Waals surface area contributed by atoms with Gasteiger partial charge in [-0.3, -0.25) is 4.90 Å². The standard InChI is InChI=1S/C15H22FNO3/c1-11(2)9-17(7-8-20-3)10-12-5-4-6-13(14(12)16)15(18)19/h4-6,11H,7-10H2,1-3H3,(H,18,19). The molecule has 4 nitrogen and oxygen atoms in total. The number of aromatic carboxylic acids is 1. The Labute approximate surface area is 119 Å². The lowest BCUT2D eigenvalue weighted by Gasteiger charge is -2.24. The van der Waals surface area contributed by atoms with Crippen molar-refractivity contribution in [1.29, 1.82) is 0 Å². The van der Waals surface area contributed by atoms with Crippen molar-refractivity contribution in [3.8, 4) is 0 Å². The largest absolute Gasteiger partial charge is 0.478 e. The van der Waals surface area contributed by atoms with Gasteiger partial charge in [0, 0.05) is 32.3 Å². The number of carboxylic acids is 1. The summed E-state index contributed by atoms with van der Waals surface area (Å²) in [5.74, 6) is -1.44. The zero-order valence-corrected chi connectivity index (χ0v) is 12.2. The van der Waals surface area contributed by atoms with Crippen LogP contribution in [0.5, 0.6) is 0 Å². The summed E-state index contributed by atoms with van der Waals surface area (Å²) in [6.07, 6.45) is 0. The van der Waals surface area contributed by atoms with E-state index in [9.17, 15) is 9.18 Å². The molecule has 1 aromatic rings. The molecule has 0 aliphatic rings. The van der Waals surface area contributed by atoms with Crippen LogP contribution < -0.4 is 0 Å². The van der Waals surface area contributed by atoms with Crippen LogP contribution in [0.25, 0.3) is 0 Å². The molecule has 0 fully saturated rings. The number of carbonyl (C=O) groups is 1. The number of ether oxygens (including phenoxy) is 1. The molecule has 0 aliphatic carbocycles. The fraction of sp³-hybridized carbons (Fsp3) is 0.533. The second-order valence-electron chi connectivity index (χ2n) is 5.21. The maximum absolute atomic E-state index is 14.1. The van der Waals surface area contributed by atoms with Gasteiger partial charge in [0.05, 0.1) is 12.2 Å². The lowest BCUT2D eigenvalue weighted by atomic mass is 10.1. The molecule has 0 radical (unpaired) electrons. The maximum atomic E-state index is 14.1. The summed E-state index contributed by atoms with van der Waals surface area (Å²) in [4.78, 5) is 13.0. The van der Waals surface area contributed by atoms with E-state index in [4.69, 9.17) is 9.84 Å². The third kappa shape index (κ3) is 4.90. The lowest BCUT2D eigenvalue weighted by molar-refractivity contribution is 0.0691. The van der Waals surface area contributed by atoms with E-state index in [1.165, 1.54) is 6.07 Å². The Morgan fingerprint density at radius 3 is 2.70 bits per heavy atom. The van der Waals surface area contributed by atoms with Crippen LogP contribution in [0.2, 0.25) is 0 Å². The second-order valence-corrected chi connectivity index (χ2v) is 5.21. The highest BCUT2D eigenvalue weighted by atomic mass is 19.1. The van der Waals surface area contributed by atoms with Gasteiger partial charge in [0.2, 0.25) is 0 Å². The van der Waals surface area contributed by atoms with Crippen LogP contribution in [0.3, 0.4) is 0 Å². The molecular formula is C15H22FNO3. The number of methoxy groups -OCH3 is 1. The Balaban J connectivity index is 2.87. The van der Waals surface area contributed by atoms with Gasteiger partial charge in [0.25, 0.3) is 0 Å². The number of hydrogen-bond acceptors (Lipinski definition) is 3. The van der Waals surface area contributed by atoms with Gasteiger partial charge in [0.15, 0.2) is 0 Å². The molecule has 5 heteroatoms. The van der Waals surface area contributed by atoms with Crippen molar-refractivity contribution in [1.82, 2.24) is 4.90 Å². The molecule has 0 spiro atoms. The van der Waals surface area contributed by atoms with Gasteiger partial charge >= 0.3 is 5.97 Å². The van der Waals surface area contributed by atoms with E-state index in [2.05, 4.69) is 18.7 Å². The molecule has 20 heavy (non-hydrogen) atoms. The van der Waals surface area contributed by atoms with Crippen LogP contribution in [0.4, 0.5) is 4.39 Å². The normalized spacial score (nSPS) is 11.3. The fourth-order valence-corrected chi connectivity index (χ4v) is 2.08. The SMILES string of the molecule is COCCN(Cc1cccc(C(=O)O)c1F)CC(C)C. The van der Waals surface area contributed by atoms with Gasteiger partial charge in [-0.25, -0.2) is 9.18 Å². The Morgan fingerprint density at radius 2 is 2.15 bits per heavy atom. The first-order valence-electron chi connectivity index (χ1n) is 6.67. The minimum atomic E-state index is -1.24. The zero-order chi connectivity index (χ0) is 15.1. The van der Waals surface area contributed by atoms with Crippen LogP contribution in [0.15, 0.2) is 18.2 Å². The summed E-state index contributed by atoms with van der Waals surface area (Å²) in [5.41, 5.74) is 0.125. The molecule has 0 aliphatic heterocycles. The molecule has 0 heterocycles. The van der Waals surface area contributed by atoms with Crippen LogP contribution in [0.1, 0.15) is 29.8 Å². The van der Waals surface area contributed by atoms with Crippen LogP contribution in [0, 0.1) is 11.7 Å². The van der Waals surface area contributed by atoms with Crippen molar-refractivity contribution >= 4 is 5.97 Å². The molecule has 1 aromatic carbocycles. The first-order chi connectivity index (χ1) is 9.45. The molecule has 112 valence electrons. The monoisotopic (exact) mass is 283 g/mol. The number of halogens is 1. The number of hydrogen-bond donors (Lipinski definition) is 1. The van der Waals surface area contributed by atoms with Gasteiger partial charge < -0.3 is 9.84 Å². The first kappa shape index (κ1) is 16.6. The van der Waals surface area contributed by atoms with E-state index < -0.39 is 11.8 Å². The second kappa shape index (κ2) is 7.97. The first-order valence-corrected chi connectivity index (χ1v) is 6.67. The predicted octanol–water partition coefficient (Wildman–Crippen LogP) is 2.63. The van der Waals surface area contributed by atoms with Crippen molar-refractivity contribution in [3.63, 3.8) is 0 Å². The average molecular weight is 283 g/mol. The van der Waals surface area contributed by atoms with E-state index in [1.54, 1.807) is 19.2 Å². The molecule has 0 aromatic heterocycles. The summed E-state index contributed by atoms with van der Waals surface area (Å²) in [6.45, 7) is 6.61. The Bertz CT molecular complexity index is 449. The van der Waals surface area contributed by atoms with E-state index in [1.807, 2.05) is 0 Å². The molecule has 0 bridgehead atoms. The van der Waals surface area contributed by atoms with Crippen molar-refractivity contribution in [3.05, 3.63) is 35.1 Å². The third-order valence-corrected chi connectivity index (χ3v) is 2.94. The topological polar surface area (TPSA) is 49.8 Å². The Kier molecular flexibility index (Phi) is 6.61. The van der Waals surface area contributed by atoms with Crippen LogP contribution in [-0.2, 0) is 11.3 Å². The third-order valence-electron chi connectivity index (χ3n) is 2.94. The highest BCUT2D eigenvalue weighted by Crippen LogP contribution is 2.16. The predicted molar refractivity (Wildman–Crippen MR) is 75.4 cm³/mol. The number of carboxylic acid groups (broad SMARTS) is 1. The van der Waals surface area contributed by atoms with E-state index >= 15 is 0 Å². The zero-order valence-electron chi connectivity index (χ0n) is 12.2. The van der Waals surface area contributed by atoms with Crippen molar-refractivity contribution in [2.45, 2.75) is 20.4 Å². The van der Waals surface area contributed by atoms with Crippen LogP contribution in [-0.4, -0.2) is 42.8 Å². The summed E-state index contributed by atoms with van der Waals surface area (Å²) >= 11 is 0. The highest BCUT2D eigenvalue weighted by molar-refractivity contribution is 5.88. The van der Waals surface area contributed by atoms with Crippen molar-refractivity contribution < 1.29 is 19.0 Å². The Morgan fingerprint density at radius 1 is 1.45 bits per heavy atom. The molecule has 0 amide bonds. The van der Waals surface area contributed by atoms with Crippen molar-refractivity contribution in [2.75, 3.05) is 26.8 Å². The van der Waals surface area contributed by atoms with Gasteiger partial charge in [-0.2, -0.15) is 0 Å². The maximum Gasteiger partial charge on any atom is 0.338 e. The molecule has 0 unspecified atom stereocenters. The molecule has 0 atom stereocenters. The van der Waals surface area contributed by atoms with E-state index in [0.717, 1.165) is 6.54 Å². The minimum Gasteiger partial charge on any atom is -0.478 e. The van der Waals surface area contributed by atoms with Crippen LogP contribution >= 0.6 is 0 Å². The quantitative estimate of drug-likeness (QED) is 0.797. The summed E-state index contributed by atoms with van der Waals surface area (Å²) in [5, 5.41) is 8.94. The highest BCUT2D eigenvalue weighted by Gasteiger charge is 2.16. The van der Waals surface area contributed by atoms with Gasteiger partial charge in [0.1, 0.15) is 5.82 Å². The van der Waals surface area contributed by atoms with E-state index in [0.29, 0.717) is 31.2 Å². The summed E-state index contributed by atoms with van der Waals surface area (Å²) in [7, 11) is 1.62. The Hall–Kier alpha value is -1.46. The van der Waals surface area contributed by atoms with E-state index in [-0.39, 0.29) is 5.56 Å². The van der Waals surface area contributed by atoms with Gasteiger partial charge in [-0.15, -0.1) is 0 Å². The van der Waals surface area contributed by atoms with Gasteiger partial charge in [-0.05, 0) is 12.0 Å². The molecule has 0 saturated carbocycles. The molecule has 1 rings (SSSR count). The van der Waals surface area contributed by atoms with Gasteiger partial charge in [-0.1, -0.05) is 26.0 Å². The fourth-order valence-electron chi connectivity index (χ4n) is 2.08. The molecule has 0 saturated heterocycles. The molecule has 1 N–H and O–H groups in total. The number of benzene rings is 1. The smallest absolute Gasteiger partial charge is 0.338 e. The van der Waals surface area contributed by atoms with Crippen molar-refractivity contribution in [2.24, 2.45) is 5.92 Å². The summed E-state index contributed by atoms with van der Waals surface area (Å²) < 4.78 is 19.2. The number of rotatable bonds is 8. The summed E-state index contributed by atoms with van der Waals surface area (Å²) in [6, 6.07) is 4.48. The lowest BCUT2D eigenvalue weighted by Crippen LogP contribution is -2.31. The number of nitrogens with zero attached hydrogens (tertiary/aromatic N) is 1. The minimum absolute atomic E-state index is 0.279. The average Bonchev–Trinajstić information content (AvgIpc) is 2.37. The molecular weight excluding hydrogens is 261 g/mol.